The van der Waals surface area contributed by atoms with E-state index < -0.39 is 18.2 Å². The molecule has 0 fully saturated rings. The number of esters is 1. The van der Waals surface area contributed by atoms with Gasteiger partial charge in [-0.2, -0.15) is 0 Å². The number of ether oxygens (including phenoxy) is 1. The first-order chi connectivity index (χ1) is 15.8. The summed E-state index contributed by atoms with van der Waals surface area (Å²) in [6.45, 7) is 4.17. The summed E-state index contributed by atoms with van der Waals surface area (Å²) in [4.78, 5) is 11.4. The molecule has 174 valence electrons. The molecule has 33 heavy (non-hydrogen) atoms. The predicted octanol–water partition coefficient (Wildman–Crippen LogP) is 5.23. The van der Waals surface area contributed by atoms with Gasteiger partial charge < -0.3 is 19.5 Å². The maximum atomic E-state index is 13.6. The Bertz CT molecular complexity index is 1090. The predicted molar refractivity (Wildman–Crippen MR) is 128 cm³/mol. The number of methoxy groups -OCH3 is 1. The van der Waals surface area contributed by atoms with Crippen LogP contribution in [0.5, 0.6) is 0 Å². The topological polar surface area (TPSA) is 71.7 Å². The largest absolute Gasteiger partial charge is 0.469 e. The van der Waals surface area contributed by atoms with Crippen LogP contribution < -0.4 is 0 Å². The Hall–Kier alpha value is -3.22. The average Bonchev–Trinajstić information content (AvgIpc) is 3.18. The number of rotatable bonds is 9. The van der Waals surface area contributed by atoms with Crippen LogP contribution in [0.1, 0.15) is 38.3 Å². The van der Waals surface area contributed by atoms with Gasteiger partial charge in [-0.3, -0.25) is 4.79 Å². The molecule has 5 nitrogen and oxygen atoms in total. The number of hydrogen-bond donors (Lipinski definition) is 2. The van der Waals surface area contributed by atoms with E-state index in [1.807, 2.05) is 34.9 Å². The van der Waals surface area contributed by atoms with Crippen molar-refractivity contribution in [2.45, 2.75) is 44.8 Å². The number of aliphatic hydroxyl groups is 2. The molecule has 0 spiro atoms. The van der Waals surface area contributed by atoms with Gasteiger partial charge in [-0.1, -0.05) is 44.2 Å². The van der Waals surface area contributed by atoms with Crippen LogP contribution in [0.15, 0.2) is 66.7 Å². The van der Waals surface area contributed by atoms with Crippen molar-refractivity contribution in [1.29, 1.82) is 0 Å². The summed E-state index contributed by atoms with van der Waals surface area (Å²) in [6, 6.07) is 18.4. The minimum absolute atomic E-state index is 0.00129. The molecule has 0 bridgehead atoms. The third kappa shape index (κ3) is 6.18. The summed E-state index contributed by atoms with van der Waals surface area (Å²) in [5, 5.41) is 20.5. The first-order valence-corrected chi connectivity index (χ1v) is 11.0. The zero-order valence-corrected chi connectivity index (χ0v) is 19.1. The van der Waals surface area contributed by atoms with Gasteiger partial charge in [-0.25, -0.2) is 4.39 Å². The van der Waals surface area contributed by atoms with Crippen LogP contribution in [0.4, 0.5) is 4.39 Å². The van der Waals surface area contributed by atoms with Gasteiger partial charge in [0.15, 0.2) is 0 Å². The monoisotopic (exact) mass is 451 g/mol. The van der Waals surface area contributed by atoms with Gasteiger partial charge >= 0.3 is 5.97 Å². The van der Waals surface area contributed by atoms with Crippen LogP contribution in [0, 0.1) is 5.82 Å². The van der Waals surface area contributed by atoms with Crippen molar-refractivity contribution in [2.24, 2.45) is 0 Å². The molecule has 0 unspecified atom stereocenters. The minimum atomic E-state index is -1.01. The van der Waals surface area contributed by atoms with Crippen LogP contribution in [-0.2, 0) is 9.53 Å². The van der Waals surface area contributed by atoms with E-state index in [-0.39, 0.29) is 24.6 Å². The molecular weight excluding hydrogens is 421 g/mol. The lowest BCUT2D eigenvalue weighted by Crippen LogP contribution is -2.20. The fourth-order valence-corrected chi connectivity index (χ4v) is 3.79. The van der Waals surface area contributed by atoms with Crippen molar-refractivity contribution in [2.75, 3.05) is 7.11 Å². The highest BCUT2D eigenvalue weighted by Crippen LogP contribution is 2.38. The van der Waals surface area contributed by atoms with Gasteiger partial charge in [0.25, 0.3) is 0 Å². The summed E-state index contributed by atoms with van der Waals surface area (Å²) in [7, 11) is 1.26. The summed E-state index contributed by atoms with van der Waals surface area (Å²) < 4.78 is 20.2. The maximum absolute atomic E-state index is 13.6. The summed E-state index contributed by atoms with van der Waals surface area (Å²) >= 11 is 0. The van der Waals surface area contributed by atoms with Gasteiger partial charge in [0, 0.05) is 23.9 Å². The molecule has 3 rings (SSSR count). The van der Waals surface area contributed by atoms with Crippen LogP contribution >= 0.6 is 0 Å². The van der Waals surface area contributed by atoms with Gasteiger partial charge in [0.2, 0.25) is 0 Å². The fraction of sp³-hybridized carbons (Fsp3) is 0.296. The number of aliphatic hydroxyl groups excluding tert-OH is 2. The molecule has 0 aliphatic carbocycles. The molecule has 0 amide bonds. The van der Waals surface area contributed by atoms with Crippen LogP contribution in [-0.4, -0.2) is 40.1 Å². The van der Waals surface area contributed by atoms with E-state index in [1.165, 1.54) is 19.2 Å². The average molecular weight is 452 g/mol. The lowest BCUT2D eigenvalue weighted by atomic mass is 10.0. The van der Waals surface area contributed by atoms with Crippen molar-refractivity contribution >= 4 is 12.2 Å². The third-order valence-corrected chi connectivity index (χ3v) is 5.46. The molecule has 1 aromatic heterocycles. The Labute approximate surface area is 193 Å². The molecule has 0 aliphatic rings. The van der Waals surface area contributed by atoms with E-state index in [0.717, 1.165) is 28.1 Å². The summed E-state index contributed by atoms with van der Waals surface area (Å²) in [5.74, 6) is -0.668. The second-order valence-electron chi connectivity index (χ2n) is 8.31. The Kier molecular flexibility index (Phi) is 8.20. The number of nitrogens with zero attached hydrogens (tertiary/aromatic N) is 1. The molecular formula is C27H30FNO4. The first-order valence-electron chi connectivity index (χ1n) is 11.0. The second kappa shape index (κ2) is 11.1. The van der Waals surface area contributed by atoms with Crippen LogP contribution in [0.25, 0.3) is 28.6 Å². The number of halogens is 1. The number of benzene rings is 2. The van der Waals surface area contributed by atoms with Gasteiger partial charge in [0.05, 0.1) is 31.4 Å². The zero-order chi connectivity index (χ0) is 24.0. The highest BCUT2D eigenvalue weighted by Gasteiger charge is 2.20. The molecule has 6 heteroatoms. The zero-order valence-electron chi connectivity index (χ0n) is 19.1. The molecule has 0 radical (unpaired) electrons. The van der Waals surface area contributed by atoms with Crippen molar-refractivity contribution < 1.29 is 24.1 Å². The van der Waals surface area contributed by atoms with Gasteiger partial charge in [0.1, 0.15) is 5.82 Å². The Morgan fingerprint density at radius 1 is 1.06 bits per heavy atom. The number of carbonyl (C=O) groups excluding carboxylic acids is 1. The molecule has 3 aromatic rings. The van der Waals surface area contributed by atoms with E-state index in [2.05, 4.69) is 24.7 Å². The molecule has 1 heterocycles. The van der Waals surface area contributed by atoms with E-state index in [1.54, 1.807) is 24.4 Å². The van der Waals surface area contributed by atoms with Crippen molar-refractivity contribution in [1.82, 2.24) is 4.57 Å². The van der Waals surface area contributed by atoms with Crippen molar-refractivity contribution in [3.8, 4) is 22.4 Å². The summed E-state index contributed by atoms with van der Waals surface area (Å²) in [6.07, 6.45) is 1.21. The standard InChI is InChI=1S/C27H30FNO4/c1-18(2)25-17-24(19-7-5-4-6-8-19)27(20-9-11-21(28)12-10-20)29(25)14-13-22(30)15-23(31)16-26(32)33-3/h4-14,17-18,22-23,30-31H,15-16H2,1-3H3/b14-13+/t22-,23-/m1/s1. The second-order valence-corrected chi connectivity index (χ2v) is 8.31. The maximum Gasteiger partial charge on any atom is 0.308 e. The third-order valence-electron chi connectivity index (χ3n) is 5.46. The van der Waals surface area contributed by atoms with Gasteiger partial charge in [-0.15, -0.1) is 0 Å². The Balaban J connectivity index is 2.04. The number of hydrogen-bond acceptors (Lipinski definition) is 4. The van der Waals surface area contributed by atoms with E-state index in [0.29, 0.717) is 0 Å². The SMILES string of the molecule is COC(=O)C[C@H](O)C[C@H](O)/C=C/n1c(C(C)C)cc(-c2ccccc2)c1-c1ccc(F)cc1. The molecule has 0 saturated carbocycles. The van der Waals surface area contributed by atoms with Crippen molar-refractivity contribution in [3.63, 3.8) is 0 Å². The molecule has 2 aromatic carbocycles. The number of aromatic nitrogens is 1. The van der Waals surface area contributed by atoms with E-state index in [4.69, 9.17) is 0 Å². The molecule has 0 saturated heterocycles. The normalized spacial score (nSPS) is 13.4. The first kappa shape index (κ1) is 24.4. The van der Waals surface area contributed by atoms with Gasteiger partial charge in [-0.05, 0) is 53.5 Å². The highest BCUT2D eigenvalue weighted by atomic mass is 19.1. The smallest absolute Gasteiger partial charge is 0.308 e. The lowest BCUT2D eigenvalue weighted by molar-refractivity contribution is -0.143. The van der Waals surface area contributed by atoms with Crippen molar-refractivity contribution in [3.05, 3.63) is 78.3 Å². The fourth-order valence-electron chi connectivity index (χ4n) is 3.79. The highest BCUT2D eigenvalue weighted by molar-refractivity contribution is 5.84. The minimum Gasteiger partial charge on any atom is -0.469 e. The Morgan fingerprint density at radius 2 is 1.73 bits per heavy atom. The Morgan fingerprint density at radius 3 is 2.33 bits per heavy atom. The molecule has 0 aliphatic heterocycles. The molecule has 2 atom stereocenters. The lowest BCUT2D eigenvalue weighted by Gasteiger charge is -2.15. The molecule has 2 N–H and O–H groups in total. The number of carbonyl (C=O) groups is 1. The quantitative estimate of drug-likeness (QED) is 0.437. The van der Waals surface area contributed by atoms with Crippen LogP contribution in [0.3, 0.4) is 0 Å². The van der Waals surface area contributed by atoms with E-state index in [9.17, 15) is 19.4 Å². The van der Waals surface area contributed by atoms with E-state index >= 15 is 0 Å². The summed E-state index contributed by atoms with van der Waals surface area (Å²) in [5.41, 5.74) is 4.76. The van der Waals surface area contributed by atoms with Crippen LogP contribution in [0.2, 0.25) is 0 Å².